The van der Waals surface area contributed by atoms with Gasteiger partial charge in [0.05, 0.1) is 12.2 Å². The standard InChI is InChI=1S/C18H17NO4/c1-3-23-18(22)19-12-4-5-15(17(20)21)16(19)11-10-14-8-6-13(2)7-9-14/h4-9,12,16H,3H2,1-2H3,(H,20,21). The van der Waals surface area contributed by atoms with E-state index in [0.717, 1.165) is 11.1 Å². The first-order valence-electron chi connectivity index (χ1n) is 7.18. The van der Waals surface area contributed by atoms with E-state index in [-0.39, 0.29) is 12.2 Å². The Bertz CT molecular complexity index is 720. The summed E-state index contributed by atoms with van der Waals surface area (Å²) < 4.78 is 4.96. The highest BCUT2D eigenvalue weighted by Crippen LogP contribution is 2.18. The molecule has 1 atom stereocenters. The van der Waals surface area contributed by atoms with E-state index < -0.39 is 18.1 Å². The third kappa shape index (κ3) is 4.01. The highest BCUT2D eigenvalue weighted by molar-refractivity contribution is 5.91. The molecule has 5 heteroatoms. The molecule has 23 heavy (non-hydrogen) atoms. The number of rotatable bonds is 2. The molecule has 0 spiro atoms. The van der Waals surface area contributed by atoms with Gasteiger partial charge in [0.1, 0.15) is 6.04 Å². The number of nitrogens with zero attached hydrogens (tertiary/aromatic N) is 1. The van der Waals surface area contributed by atoms with Gasteiger partial charge in [-0.05, 0) is 38.1 Å². The van der Waals surface area contributed by atoms with Gasteiger partial charge in [0.25, 0.3) is 0 Å². The second-order valence-corrected chi connectivity index (χ2v) is 4.91. The molecule has 118 valence electrons. The van der Waals surface area contributed by atoms with E-state index in [0.29, 0.717) is 0 Å². The van der Waals surface area contributed by atoms with Crippen LogP contribution in [0.15, 0.2) is 48.2 Å². The molecule has 0 radical (unpaired) electrons. The van der Waals surface area contributed by atoms with Crippen molar-refractivity contribution in [1.29, 1.82) is 0 Å². The van der Waals surface area contributed by atoms with Gasteiger partial charge in [-0.15, -0.1) is 0 Å². The van der Waals surface area contributed by atoms with Crippen LogP contribution in [-0.4, -0.2) is 34.7 Å². The number of aryl methyl sites for hydroxylation is 1. The molecule has 0 bridgehead atoms. The molecule has 1 aliphatic heterocycles. The van der Waals surface area contributed by atoms with Crippen LogP contribution in [0.25, 0.3) is 0 Å². The lowest BCUT2D eigenvalue weighted by atomic mass is 10.0. The van der Waals surface area contributed by atoms with E-state index in [1.807, 2.05) is 31.2 Å². The molecule has 1 aliphatic rings. The fraction of sp³-hybridized carbons (Fsp3) is 0.222. The molecule has 0 saturated carbocycles. The zero-order valence-electron chi connectivity index (χ0n) is 12.9. The van der Waals surface area contributed by atoms with Crippen LogP contribution in [0.1, 0.15) is 18.1 Å². The fourth-order valence-electron chi connectivity index (χ4n) is 2.05. The summed E-state index contributed by atoms with van der Waals surface area (Å²) in [5.74, 6) is 4.65. The first-order valence-corrected chi connectivity index (χ1v) is 7.18. The number of carbonyl (C=O) groups excluding carboxylic acids is 1. The molecular formula is C18H17NO4. The Morgan fingerprint density at radius 2 is 2.00 bits per heavy atom. The minimum absolute atomic E-state index is 0.0279. The number of hydrogen-bond acceptors (Lipinski definition) is 3. The van der Waals surface area contributed by atoms with Crippen molar-refractivity contribution in [1.82, 2.24) is 4.90 Å². The van der Waals surface area contributed by atoms with E-state index in [4.69, 9.17) is 4.74 Å². The lowest BCUT2D eigenvalue weighted by molar-refractivity contribution is -0.133. The van der Waals surface area contributed by atoms with Gasteiger partial charge in [-0.25, -0.2) is 9.59 Å². The summed E-state index contributed by atoms with van der Waals surface area (Å²) in [7, 11) is 0. The normalized spacial score (nSPS) is 16.2. The van der Waals surface area contributed by atoms with Crippen LogP contribution in [0, 0.1) is 18.8 Å². The summed E-state index contributed by atoms with van der Waals surface area (Å²) in [5, 5.41) is 9.32. The van der Waals surface area contributed by atoms with Crippen molar-refractivity contribution in [3.05, 3.63) is 59.3 Å². The lowest BCUT2D eigenvalue weighted by Crippen LogP contribution is -2.40. The Labute approximate surface area is 134 Å². The number of allylic oxidation sites excluding steroid dienone is 2. The van der Waals surface area contributed by atoms with Crippen LogP contribution in [-0.2, 0) is 9.53 Å². The molecule has 0 saturated heterocycles. The second kappa shape index (κ2) is 7.32. The highest BCUT2D eigenvalue weighted by Gasteiger charge is 2.30. The molecule has 5 nitrogen and oxygen atoms in total. The van der Waals surface area contributed by atoms with Gasteiger partial charge in [0, 0.05) is 11.8 Å². The molecule has 1 N–H and O–H groups in total. The third-order valence-corrected chi connectivity index (χ3v) is 3.23. The summed E-state index contributed by atoms with van der Waals surface area (Å²) in [6.07, 6.45) is 3.77. The molecule has 2 rings (SSSR count). The molecule has 0 fully saturated rings. The smallest absolute Gasteiger partial charge is 0.415 e. The molecular weight excluding hydrogens is 294 g/mol. The Balaban J connectivity index is 2.34. The van der Waals surface area contributed by atoms with Crippen molar-refractivity contribution in [2.24, 2.45) is 0 Å². The number of carbonyl (C=O) groups is 2. The van der Waals surface area contributed by atoms with Gasteiger partial charge in [0.2, 0.25) is 0 Å². The van der Waals surface area contributed by atoms with Gasteiger partial charge in [-0.3, -0.25) is 4.90 Å². The van der Waals surface area contributed by atoms with E-state index in [1.54, 1.807) is 6.92 Å². The number of amides is 1. The quantitative estimate of drug-likeness (QED) is 0.853. The summed E-state index contributed by atoms with van der Waals surface area (Å²) in [4.78, 5) is 24.6. The number of ether oxygens (including phenoxy) is 1. The van der Waals surface area contributed by atoms with Gasteiger partial charge < -0.3 is 9.84 Å². The average molecular weight is 311 g/mol. The Kier molecular flexibility index (Phi) is 5.21. The predicted molar refractivity (Wildman–Crippen MR) is 85.6 cm³/mol. The van der Waals surface area contributed by atoms with Gasteiger partial charge in [0.15, 0.2) is 0 Å². The summed E-state index contributed by atoms with van der Waals surface area (Å²) in [6, 6.07) is 6.64. The number of benzene rings is 1. The van der Waals surface area contributed by atoms with E-state index in [9.17, 15) is 14.7 Å². The summed E-state index contributed by atoms with van der Waals surface area (Å²) in [6.45, 7) is 3.86. The zero-order valence-corrected chi connectivity index (χ0v) is 12.9. The maximum atomic E-state index is 12.0. The van der Waals surface area contributed by atoms with Crippen LogP contribution in [0.4, 0.5) is 4.79 Å². The second-order valence-electron chi connectivity index (χ2n) is 4.91. The van der Waals surface area contributed by atoms with Crippen molar-refractivity contribution in [3.8, 4) is 11.8 Å². The zero-order chi connectivity index (χ0) is 16.8. The largest absolute Gasteiger partial charge is 0.478 e. The van der Waals surface area contributed by atoms with Crippen LogP contribution in [0.3, 0.4) is 0 Å². The van der Waals surface area contributed by atoms with E-state index >= 15 is 0 Å². The van der Waals surface area contributed by atoms with Gasteiger partial charge in [-0.1, -0.05) is 29.5 Å². The van der Waals surface area contributed by atoms with Crippen molar-refractivity contribution >= 4 is 12.1 Å². The molecule has 1 aromatic carbocycles. The van der Waals surface area contributed by atoms with Crippen LogP contribution in [0.2, 0.25) is 0 Å². The van der Waals surface area contributed by atoms with Crippen molar-refractivity contribution < 1.29 is 19.4 Å². The highest BCUT2D eigenvalue weighted by atomic mass is 16.6. The molecule has 0 aromatic heterocycles. The molecule has 1 unspecified atom stereocenters. The van der Waals surface area contributed by atoms with Gasteiger partial charge in [-0.2, -0.15) is 0 Å². The molecule has 1 amide bonds. The maximum absolute atomic E-state index is 12.0. The maximum Gasteiger partial charge on any atom is 0.415 e. The Morgan fingerprint density at radius 3 is 2.61 bits per heavy atom. The molecule has 1 aromatic rings. The Hall–Kier alpha value is -3.00. The van der Waals surface area contributed by atoms with Crippen molar-refractivity contribution in [2.45, 2.75) is 19.9 Å². The number of aliphatic carboxylic acids is 1. The van der Waals surface area contributed by atoms with E-state index in [2.05, 4.69) is 11.8 Å². The topological polar surface area (TPSA) is 66.8 Å². The van der Waals surface area contributed by atoms with Crippen LogP contribution < -0.4 is 0 Å². The minimum atomic E-state index is -1.12. The number of hydrogen-bond donors (Lipinski definition) is 1. The average Bonchev–Trinajstić information content (AvgIpc) is 2.54. The van der Waals surface area contributed by atoms with Crippen LogP contribution >= 0.6 is 0 Å². The SMILES string of the molecule is CCOC(=O)N1C=CC=C(C(=O)O)C1C#Cc1ccc(C)cc1. The first-order chi connectivity index (χ1) is 11.0. The van der Waals surface area contributed by atoms with E-state index in [1.165, 1.54) is 23.3 Å². The molecule has 1 heterocycles. The van der Waals surface area contributed by atoms with Crippen molar-refractivity contribution in [3.63, 3.8) is 0 Å². The summed E-state index contributed by atoms with van der Waals surface area (Å²) in [5.41, 5.74) is 1.88. The fourth-order valence-corrected chi connectivity index (χ4v) is 2.05. The van der Waals surface area contributed by atoms with Crippen LogP contribution in [0.5, 0.6) is 0 Å². The predicted octanol–water partition coefficient (Wildman–Crippen LogP) is 2.71. The summed E-state index contributed by atoms with van der Waals surface area (Å²) >= 11 is 0. The number of carboxylic acid groups (broad SMARTS) is 1. The van der Waals surface area contributed by atoms with Gasteiger partial charge >= 0.3 is 12.1 Å². The third-order valence-electron chi connectivity index (χ3n) is 3.23. The minimum Gasteiger partial charge on any atom is -0.478 e. The number of carboxylic acids is 1. The Morgan fingerprint density at radius 1 is 1.30 bits per heavy atom. The van der Waals surface area contributed by atoms with Crippen molar-refractivity contribution in [2.75, 3.05) is 6.61 Å². The lowest BCUT2D eigenvalue weighted by Gasteiger charge is -2.26. The first kappa shape index (κ1) is 16.4. The molecule has 0 aliphatic carbocycles. The monoisotopic (exact) mass is 311 g/mol.